The summed E-state index contributed by atoms with van der Waals surface area (Å²) >= 11 is 1.28. The van der Waals surface area contributed by atoms with Crippen molar-refractivity contribution in [1.29, 1.82) is 5.26 Å². The molecule has 2 amide bonds. The molecule has 1 fully saturated rings. The molecule has 0 bridgehead atoms. The summed E-state index contributed by atoms with van der Waals surface area (Å²) in [6, 6.07) is 21.0. The van der Waals surface area contributed by atoms with E-state index in [1.54, 1.807) is 66.0 Å². The van der Waals surface area contributed by atoms with E-state index in [1.165, 1.54) is 11.3 Å². The summed E-state index contributed by atoms with van der Waals surface area (Å²) in [7, 11) is 0. The summed E-state index contributed by atoms with van der Waals surface area (Å²) in [5, 5.41) is 31.3. The molecule has 4 aromatic rings. The molecule has 0 aliphatic carbocycles. The number of hydrogen-bond donors (Lipinski definition) is 4. The van der Waals surface area contributed by atoms with Gasteiger partial charge in [0.2, 0.25) is 5.91 Å². The van der Waals surface area contributed by atoms with Crippen LogP contribution in [0.2, 0.25) is 0 Å². The van der Waals surface area contributed by atoms with E-state index in [2.05, 4.69) is 27.0 Å². The number of anilines is 2. The van der Waals surface area contributed by atoms with E-state index in [9.17, 15) is 20.0 Å². The van der Waals surface area contributed by atoms with Crippen LogP contribution >= 0.6 is 11.3 Å². The third-order valence-corrected chi connectivity index (χ3v) is 6.97. The van der Waals surface area contributed by atoms with Crippen molar-refractivity contribution < 1.29 is 14.7 Å². The highest BCUT2D eigenvalue weighted by Gasteiger charge is 2.23. The van der Waals surface area contributed by atoms with Gasteiger partial charge in [0.05, 0.1) is 16.6 Å². The van der Waals surface area contributed by atoms with Gasteiger partial charge in [0, 0.05) is 16.8 Å². The van der Waals surface area contributed by atoms with Crippen LogP contribution < -0.4 is 16.0 Å². The number of thiophene rings is 1. The van der Waals surface area contributed by atoms with Gasteiger partial charge in [0.15, 0.2) is 5.82 Å². The number of amides is 2. The minimum atomic E-state index is -0.385. The maximum absolute atomic E-state index is 12.9. The lowest BCUT2D eigenvalue weighted by molar-refractivity contribution is -0.117. The molecule has 0 spiro atoms. The Kier molecular flexibility index (Phi) is 6.94. The number of hydrogen-bond acceptors (Lipinski definition) is 7. The van der Waals surface area contributed by atoms with E-state index < -0.39 is 0 Å². The van der Waals surface area contributed by atoms with Gasteiger partial charge in [-0.05, 0) is 66.7 Å². The summed E-state index contributed by atoms with van der Waals surface area (Å²) in [5.41, 5.74) is 2.76. The molecule has 1 atom stereocenters. The van der Waals surface area contributed by atoms with Crippen molar-refractivity contribution >= 4 is 34.7 Å². The van der Waals surface area contributed by atoms with Crippen LogP contribution in [0, 0.1) is 11.3 Å². The molecule has 0 radical (unpaired) electrons. The lowest BCUT2D eigenvalue weighted by Gasteiger charge is -2.15. The maximum atomic E-state index is 12.9. The zero-order chi connectivity index (χ0) is 25.8. The van der Waals surface area contributed by atoms with Crippen LogP contribution in [0.5, 0.6) is 5.75 Å². The molecule has 8 nitrogen and oxygen atoms in total. The van der Waals surface area contributed by atoms with E-state index in [0.29, 0.717) is 32.9 Å². The number of benzene rings is 2. The Morgan fingerprint density at radius 3 is 2.65 bits per heavy atom. The third kappa shape index (κ3) is 5.21. The molecule has 1 aliphatic rings. The predicted molar refractivity (Wildman–Crippen MR) is 143 cm³/mol. The number of nitriles is 1. The molecule has 37 heavy (non-hydrogen) atoms. The molecule has 0 unspecified atom stereocenters. The molecule has 5 rings (SSSR count). The van der Waals surface area contributed by atoms with Crippen LogP contribution in [-0.4, -0.2) is 34.5 Å². The summed E-state index contributed by atoms with van der Waals surface area (Å²) in [6.45, 7) is 0.815. The molecule has 0 saturated carbocycles. The molecule has 2 aromatic carbocycles. The summed E-state index contributed by atoms with van der Waals surface area (Å²) in [6.07, 6.45) is 1.74. The van der Waals surface area contributed by atoms with Crippen molar-refractivity contribution in [2.24, 2.45) is 0 Å². The quantitative estimate of drug-likeness (QED) is 0.290. The van der Waals surface area contributed by atoms with Gasteiger partial charge in [-0.3, -0.25) is 9.59 Å². The number of aromatic hydroxyl groups is 1. The predicted octanol–water partition coefficient (Wildman–Crippen LogP) is 5.00. The number of rotatable bonds is 6. The zero-order valence-corrected chi connectivity index (χ0v) is 20.5. The Labute approximate surface area is 217 Å². The minimum Gasteiger partial charge on any atom is -0.507 e. The SMILES string of the molecule is N#Cc1c(-c2cccc(NC(=O)[C@@H]3CCCN3)c2)cc(-c2ccccc2O)nc1NC(=O)c1cccs1. The van der Waals surface area contributed by atoms with Crippen LogP contribution in [0.1, 0.15) is 28.1 Å². The van der Waals surface area contributed by atoms with Gasteiger partial charge in [-0.15, -0.1) is 11.3 Å². The maximum Gasteiger partial charge on any atom is 0.266 e. The second-order valence-electron chi connectivity index (χ2n) is 8.56. The van der Waals surface area contributed by atoms with E-state index in [4.69, 9.17) is 0 Å². The average molecular weight is 510 g/mol. The fourth-order valence-electron chi connectivity index (χ4n) is 4.28. The van der Waals surface area contributed by atoms with E-state index in [1.807, 2.05) is 6.07 Å². The number of carbonyl (C=O) groups excluding carboxylic acids is 2. The second-order valence-corrected chi connectivity index (χ2v) is 9.51. The Morgan fingerprint density at radius 1 is 1.05 bits per heavy atom. The van der Waals surface area contributed by atoms with Crippen molar-refractivity contribution in [2.45, 2.75) is 18.9 Å². The molecule has 1 saturated heterocycles. The molecule has 184 valence electrons. The van der Waals surface area contributed by atoms with Gasteiger partial charge in [-0.2, -0.15) is 5.26 Å². The zero-order valence-electron chi connectivity index (χ0n) is 19.7. The molecule has 3 heterocycles. The highest BCUT2D eigenvalue weighted by molar-refractivity contribution is 7.12. The number of nitrogens with one attached hydrogen (secondary N) is 3. The van der Waals surface area contributed by atoms with Crippen LogP contribution in [0.4, 0.5) is 11.5 Å². The number of phenols is 1. The number of nitrogens with zero attached hydrogens (tertiary/aromatic N) is 2. The fourth-order valence-corrected chi connectivity index (χ4v) is 4.90. The lowest BCUT2D eigenvalue weighted by Crippen LogP contribution is -2.35. The molecular weight excluding hydrogens is 486 g/mol. The van der Waals surface area contributed by atoms with Crippen molar-refractivity contribution in [2.75, 3.05) is 17.2 Å². The van der Waals surface area contributed by atoms with Gasteiger partial charge in [-0.25, -0.2) is 4.98 Å². The first-order valence-corrected chi connectivity index (χ1v) is 12.6. The first-order chi connectivity index (χ1) is 18.0. The monoisotopic (exact) mass is 509 g/mol. The van der Waals surface area contributed by atoms with Crippen molar-refractivity contribution in [1.82, 2.24) is 10.3 Å². The van der Waals surface area contributed by atoms with Gasteiger partial charge in [0.25, 0.3) is 5.91 Å². The summed E-state index contributed by atoms with van der Waals surface area (Å²) in [5.74, 6) is -0.388. The molecular formula is C28H23N5O3S. The summed E-state index contributed by atoms with van der Waals surface area (Å²) in [4.78, 5) is 30.5. The Balaban J connectivity index is 1.59. The highest BCUT2D eigenvalue weighted by atomic mass is 32.1. The van der Waals surface area contributed by atoms with Crippen LogP contribution in [0.25, 0.3) is 22.4 Å². The van der Waals surface area contributed by atoms with Gasteiger partial charge in [-0.1, -0.05) is 30.3 Å². The topological polar surface area (TPSA) is 127 Å². The summed E-state index contributed by atoms with van der Waals surface area (Å²) < 4.78 is 0. The number of para-hydroxylation sites is 1. The van der Waals surface area contributed by atoms with E-state index in [-0.39, 0.29) is 35.0 Å². The lowest BCUT2D eigenvalue weighted by atomic mass is 9.97. The number of carbonyl (C=O) groups is 2. The van der Waals surface area contributed by atoms with Gasteiger partial charge in [0.1, 0.15) is 17.4 Å². The number of pyridine rings is 1. The van der Waals surface area contributed by atoms with Crippen LogP contribution in [-0.2, 0) is 4.79 Å². The standard InChI is InChI=1S/C28H23N5O3S/c29-16-21-20(17-6-3-7-18(14-17)31-27(35)22-9-4-12-30-22)15-23(19-8-1-2-10-24(19)34)32-26(21)33-28(36)25-11-5-13-37-25/h1-3,5-8,10-11,13-15,22,30,34H,4,9,12H2,(H,31,35)(H,32,33,36)/t22-/m0/s1. The molecule has 9 heteroatoms. The van der Waals surface area contributed by atoms with Crippen LogP contribution in [0.15, 0.2) is 72.1 Å². The fraction of sp³-hybridized carbons (Fsp3) is 0.143. The molecule has 4 N–H and O–H groups in total. The Bertz CT molecular complexity index is 1500. The Morgan fingerprint density at radius 2 is 1.92 bits per heavy atom. The van der Waals surface area contributed by atoms with Crippen LogP contribution in [0.3, 0.4) is 0 Å². The first kappa shape index (κ1) is 24.2. The number of phenolic OH excluding ortho intramolecular Hbond substituents is 1. The largest absolute Gasteiger partial charge is 0.507 e. The van der Waals surface area contributed by atoms with Gasteiger partial charge >= 0.3 is 0 Å². The average Bonchev–Trinajstić information content (AvgIpc) is 3.64. The normalized spacial score (nSPS) is 14.6. The minimum absolute atomic E-state index is 0.0197. The molecule has 2 aromatic heterocycles. The smallest absolute Gasteiger partial charge is 0.266 e. The van der Waals surface area contributed by atoms with Crippen molar-refractivity contribution in [3.05, 3.63) is 82.6 Å². The van der Waals surface area contributed by atoms with Crippen molar-refractivity contribution in [3.63, 3.8) is 0 Å². The first-order valence-electron chi connectivity index (χ1n) is 11.8. The highest BCUT2D eigenvalue weighted by Crippen LogP contribution is 2.36. The molecule has 1 aliphatic heterocycles. The van der Waals surface area contributed by atoms with Gasteiger partial charge < -0.3 is 21.1 Å². The Hall–Kier alpha value is -4.52. The number of aromatic nitrogens is 1. The second kappa shape index (κ2) is 10.6. The van der Waals surface area contributed by atoms with E-state index >= 15 is 0 Å². The van der Waals surface area contributed by atoms with Crippen molar-refractivity contribution in [3.8, 4) is 34.2 Å². The third-order valence-electron chi connectivity index (χ3n) is 6.11. The van der Waals surface area contributed by atoms with E-state index in [0.717, 1.165) is 19.4 Å².